The molecule has 1 fully saturated rings. The van der Waals surface area contributed by atoms with E-state index in [2.05, 4.69) is 9.97 Å². The van der Waals surface area contributed by atoms with Gasteiger partial charge < -0.3 is 4.90 Å². The monoisotopic (exact) mass is 434 g/mol. The number of sulfonamides is 1. The Morgan fingerprint density at radius 2 is 1.66 bits per heavy atom. The minimum Gasteiger partial charge on any atom is -0.336 e. The number of nitrogens with zero attached hydrogens (tertiary/aromatic N) is 4. The summed E-state index contributed by atoms with van der Waals surface area (Å²) >= 11 is 5.82. The van der Waals surface area contributed by atoms with Crippen LogP contribution in [0.15, 0.2) is 53.7 Å². The number of aromatic nitrogens is 2. The molecule has 10 heteroatoms. The van der Waals surface area contributed by atoms with Crippen molar-refractivity contribution in [1.82, 2.24) is 19.2 Å². The SMILES string of the molecule is O=C(c1cc(F)cc2nccnc12)N1CCN(S(=O)(=O)c2ccc(Cl)cc2)CC1. The Morgan fingerprint density at radius 1 is 1.00 bits per heavy atom. The van der Waals surface area contributed by atoms with Gasteiger partial charge in [-0.15, -0.1) is 0 Å². The number of piperazine rings is 1. The second-order valence-electron chi connectivity index (χ2n) is 6.53. The largest absolute Gasteiger partial charge is 0.336 e. The molecule has 0 radical (unpaired) electrons. The van der Waals surface area contributed by atoms with Crippen LogP contribution in [0, 0.1) is 5.82 Å². The van der Waals surface area contributed by atoms with Gasteiger partial charge in [0.25, 0.3) is 5.91 Å². The summed E-state index contributed by atoms with van der Waals surface area (Å²) in [6.45, 7) is 0.638. The number of hydrogen-bond donors (Lipinski definition) is 0. The fraction of sp³-hybridized carbons (Fsp3) is 0.211. The zero-order valence-corrected chi connectivity index (χ0v) is 16.7. The summed E-state index contributed by atoms with van der Waals surface area (Å²) in [5, 5.41) is 0.449. The highest BCUT2D eigenvalue weighted by Gasteiger charge is 2.31. The Balaban J connectivity index is 1.53. The maximum absolute atomic E-state index is 13.9. The lowest BCUT2D eigenvalue weighted by Gasteiger charge is -2.34. The molecule has 0 N–H and O–H groups in total. The van der Waals surface area contributed by atoms with Gasteiger partial charge >= 0.3 is 0 Å². The average molecular weight is 435 g/mol. The van der Waals surface area contributed by atoms with Crippen LogP contribution in [0.5, 0.6) is 0 Å². The summed E-state index contributed by atoms with van der Waals surface area (Å²) in [4.78, 5) is 22.8. The van der Waals surface area contributed by atoms with E-state index in [0.29, 0.717) is 16.1 Å². The van der Waals surface area contributed by atoms with Crippen LogP contribution >= 0.6 is 11.6 Å². The van der Waals surface area contributed by atoms with Crippen LogP contribution in [0.1, 0.15) is 10.4 Å². The fourth-order valence-electron chi connectivity index (χ4n) is 3.26. The Hall–Kier alpha value is -2.62. The number of hydrogen-bond acceptors (Lipinski definition) is 5. The normalized spacial score (nSPS) is 15.6. The molecule has 3 aromatic rings. The molecule has 0 spiro atoms. The second-order valence-corrected chi connectivity index (χ2v) is 8.90. The van der Waals surface area contributed by atoms with Crippen LogP contribution in [0.4, 0.5) is 4.39 Å². The number of carbonyl (C=O) groups is 1. The van der Waals surface area contributed by atoms with Crippen LogP contribution < -0.4 is 0 Å². The van der Waals surface area contributed by atoms with Gasteiger partial charge in [0.2, 0.25) is 10.0 Å². The molecule has 1 saturated heterocycles. The van der Waals surface area contributed by atoms with Crippen molar-refractivity contribution in [3.05, 3.63) is 65.2 Å². The van der Waals surface area contributed by atoms with Gasteiger partial charge in [0.1, 0.15) is 11.3 Å². The smallest absolute Gasteiger partial charge is 0.256 e. The quantitative estimate of drug-likeness (QED) is 0.632. The minimum absolute atomic E-state index is 0.113. The van der Waals surface area contributed by atoms with Crippen LogP contribution in [-0.2, 0) is 10.0 Å². The number of carbonyl (C=O) groups excluding carboxylic acids is 1. The lowest BCUT2D eigenvalue weighted by atomic mass is 10.1. The lowest BCUT2D eigenvalue weighted by Crippen LogP contribution is -2.50. The molecule has 29 heavy (non-hydrogen) atoms. The number of benzene rings is 2. The Kier molecular flexibility index (Phi) is 5.20. The third-order valence-electron chi connectivity index (χ3n) is 4.75. The van der Waals surface area contributed by atoms with Crippen LogP contribution in [0.25, 0.3) is 11.0 Å². The summed E-state index contributed by atoms with van der Waals surface area (Å²) in [6.07, 6.45) is 2.87. The van der Waals surface area contributed by atoms with Gasteiger partial charge in [-0.25, -0.2) is 12.8 Å². The van der Waals surface area contributed by atoms with Crippen LogP contribution in [0.3, 0.4) is 0 Å². The topological polar surface area (TPSA) is 83.5 Å². The standard InChI is InChI=1S/C19H16ClFN4O3S/c20-13-1-3-15(4-2-13)29(27,28)25-9-7-24(8-10-25)19(26)16-11-14(21)12-17-18(16)23-6-5-22-17/h1-6,11-12H,7-10H2. The highest BCUT2D eigenvalue weighted by atomic mass is 35.5. The van der Waals surface area contributed by atoms with Crippen LogP contribution in [-0.4, -0.2) is 59.7 Å². The van der Waals surface area contributed by atoms with E-state index in [1.165, 1.54) is 51.9 Å². The van der Waals surface area contributed by atoms with Gasteiger partial charge in [0.15, 0.2) is 0 Å². The van der Waals surface area contributed by atoms with Crippen molar-refractivity contribution >= 4 is 38.6 Å². The second kappa shape index (κ2) is 7.66. The van der Waals surface area contributed by atoms with Crippen LogP contribution in [0.2, 0.25) is 5.02 Å². The molecule has 1 amide bonds. The number of fused-ring (bicyclic) bond motifs is 1. The molecule has 0 atom stereocenters. The van der Waals surface area contributed by atoms with E-state index in [1.807, 2.05) is 0 Å². The van der Waals surface area contributed by atoms with Crippen molar-refractivity contribution < 1.29 is 17.6 Å². The summed E-state index contributed by atoms with van der Waals surface area (Å²) in [6, 6.07) is 8.29. The number of halogens is 2. The summed E-state index contributed by atoms with van der Waals surface area (Å²) < 4.78 is 40.8. The molecule has 1 aliphatic rings. The van der Waals surface area contributed by atoms with Crippen molar-refractivity contribution in [2.75, 3.05) is 26.2 Å². The molecule has 1 aliphatic heterocycles. The van der Waals surface area contributed by atoms with E-state index in [0.717, 1.165) is 6.07 Å². The molecule has 0 saturated carbocycles. The van der Waals surface area contributed by atoms with Crippen molar-refractivity contribution in [3.63, 3.8) is 0 Å². The molecular formula is C19H16ClFN4O3S. The fourth-order valence-corrected chi connectivity index (χ4v) is 4.81. The molecule has 7 nitrogen and oxygen atoms in total. The Morgan fingerprint density at radius 3 is 2.34 bits per heavy atom. The van der Waals surface area contributed by atoms with Crippen molar-refractivity contribution in [3.8, 4) is 0 Å². The molecule has 2 heterocycles. The summed E-state index contributed by atoms with van der Waals surface area (Å²) in [5.74, 6) is -0.983. The molecule has 0 unspecified atom stereocenters. The third-order valence-corrected chi connectivity index (χ3v) is 6.91. The minimum atomic E-state index is -3.68. The first-order chi connectivity index (χ1) is 13.9. The maximum atomic E-state index is 13.9. The predicted molar refractivity (Wildman–Crippen MR) is 106 cm³/mol. The third kappa shape index (κ3) is 3.81. The van der Waals surface area contributed by atoms with Gasteiger partial charge in [-0.2, -0.15) is 4.31 Å². The molecule has 2 aromatic carbocycles. The first-order valence-electron chi connectivity index (χ1n) is 8.81. The van der Waals surface area contributed by atoms with E-state index in [-0.39, 0.29) is 36.6 Å². The van der Waals surface area contributed by atoms with Crippen molar-refractivity contribution in [1.29, 1.82) is 0 Å². The van der Waals surface area contributed by atoms with E-state index < -0.39 is 21.7 Å². The molecule has 0 aliphatic carbocycles. The van der Waals surface area contributed by atoms with Gasteiger partial charge in [0.05, 0.1) is 16.0 Å². The molecule has 1 aromatic heterocycles. The molecule has 0 bridgehead atoms. The molecule has 150 valence electrons. The number of amides is 1. The average Bonchev–Trinajstić information content (AvgIpc) is 2.73. The van der Waals surface area contributed by atoms with Gasteiger partial charge in [-0.3, -0.25) is 14.8 Å². The Bertz CT molecular complexity index is 1180. The lowest BCUT2D eigenvalue weighted by molar-refractivity contribution is 0.0699. The zero-order chi connectivity index (χ0) is 20.6. The summed E-state index contributed by atoms with van der Waals surface area (Å²) in [7, 11) is -3.68. The highest BCUT2D eigenvalue weighted by molar-refractivity contribution is 7.89. The summed E-state index contributed by atoms with van der Waals surface area (Å²) in [5.41, 5.74) is 0.719. The van der Waals surface area contributed by atoms with Gasteiger partial charge in [-0.1, -0.05) is 11.6 Å². The zero-order valence-electron chi connectivity index (χ0n) is 15.1. The maximum Gasteiger partial charge on any atom is 0.256 e. The first kappa shape index (κ1) is 19.7. The Labute approximate surface area is 171 Å². The van der Waals surface area contributed by atoms with E-state index in [9.17, 15) is 17.6 Å². The highest BCUT2D eigenvalue weighted by Crippen LogP contribution is 2.22. The molecular weight excluding hydrogens is 419 g/mol. The van der Waals surface area contributed by atoms with Gasteiger partial charge in [-0.05, 0) is 30.3 Å². The first-order valence-corrected chi connectivity index (χ1v) is 10.6. The van der Waals surface area contributed by atoms with E-state index in [4.69, 9.17) is 11.6 Å². The van der Waals surface area contributed by atoms with Crippen molar-refractivity contribution in [2.24, 2.45) is 0 Å². The van der Waals surface area contributed by atoms with Crippen molar-refractivity contribution in [2.45, 2.75) is 4.90 Å². The van der Waals surface area contributed by atoms with Gasteiger partial charge in [0, 0.05) is 49.7 Å². The van der Waals surface area contributed by atoms with E-state index >= 15 is 0 Å². The van der Waals surface area contributed by atoms with E-state index in [1.54, 1.807) is 0 Å². The predicted octanol–water partition coefficient (Wildman–Crippen LogP) is 2.57. The number of rotatable bonds is 3. The molecule has 4 rings (SSSR count).